The Hall–Kier alpha value is -4.00. The summed E-state index contributed by atoms with van der Waals surface area (Å²) in [4.78, 5) is 41.4. The fourth-order valence-electron chi connectivity index (χ4n) is 3.37. The molecule has 10 heteroatoms. The molecule has 0 N–H and O–H groups in total. The molecular weight excluding hydrogens is 428 g/mol. The molecule has 0 aliphatic rings. The monoisotopic (exact) mass is 454 g/mol. The first-order valence-electron chi connectivity index (χ1n) is 10.5. The average molecular weight is 454 g/mol. The number of hydrogen-bond acceptors (Lipinski definition) is 7. The Bertz CT molecular complexity index is 1370. The number of methoxy groups -OCH3 is 1. The van der Waals surface area contributed by atoms with Crippen LogP contribution in [0.25, 0.3) is 11.2 Å². The van der Waals surface area contributed by atoms with Gasteiger partial charge in [0.1, 0.15) is 0 Å². The molecule has 174 valence electrons. The van der Waals surface area contributed by atoms with Crippen LogP contribution in [0.15, 0.2) is 27.8 Å². The van der Waals surface area contributed by atoms with Gasteiger partial charge in [0, 0.05) is 25.7 Å². The third kappa shape index (κ3) is 4.62. The second kappa shape index (κ2) is 10.1. The predicted molar refractivity (Wildman–Crippen MR) is 122 cm³/mol. The lowest BCUT2D eigenvalue weighted by Crippen LogP contribution is -2.39. The van der Waals surface area contributed by atoms with Gasteiger partial charge < -0.3 is 18.8 Å². The van der Waals surface area contributed by atoms with Gasteiger partial charge in [0.25, 0.3) is 5.56 Å². The van der Waals surface area contributed by atoms with Crippen LogP contribution in [0.2, 0.25) is 0 Å². The Morgan fingerprint density at radius 2 is 1.79 bits per heavy atom. The van der Waals surface area contributed by atoms with Gasteiger partial charge in [0.2, 0.25) is 0 Å². The molecule has 0 saturated heterocycles. The molecule has 0 bridgehead atoms. The van der Waals surface area contributed by atoms with Crippen LogP contribution in [0.3, 0.4) is 0 Å². The van der Waals surface area contributed by atoms with E-state index < -0.39 is 17.2 Å². The van der Waals surface area contributed by atoms with Crippen LogP contribution in [0, 0.1) is 11.8 Å². The fraction of sp³-hybridized carbons (Fsp3) is 0.391. The summed E-state index contributed by atoms with van der Waals surface area (Å²) in [5.41, 5.74) is 0.460. The third-order valence-electron chi connectivity index (χ3n) is 5.01. The standard InChI is InChI=1S/C23H26N4O6/c1-6-26-21-20(22(29)27(7-2)23(26)30)25(4)18(24-21)12-10-15-9-11-16(17(13-15)31-5)33-14-19(28)32-8-3/h9,11,13H,6-8,14H2,1-5H3. The summed E-state index contributed by atoms with van der Waals surface area (Å²) in [6, 6.07) is 5.03. The molecule has 0 aliphatic heterocycles. The lowest BCUT2D eigenvalue weighted by Gasteiger charge is -2.10. The number of carbonyl (C=O) groups is 1. The van der Waals surface area contributed by atoms with Gasteiger partial charge in [-0.25, -0.2) is 14.6 Å². The second-order valence-electron chi connectivity index (χ2n) is 6.95. The highest BCUT2D eigenvalue weighted by molar-refractivity contribution is 5.72. The van der Waals surface area contributed by atoms with Crippen LogP contribution in [0.1, 0.15) is 32.2 Å². The number of aryl methyl sites for hydroxylation is 2. The normalized spacial score (nSPS) is 10.6. The van der Waals surface area contributed by atoms with Crippen molar-refractivity contribution in [3.63, 3.8) is 0 Å². The first kappa shape index (κ1) is 23.7. The van der Waals surface area contributed by atoms with Crippen molar-refractivity contribution < 1.29 is 19.0 Å². The Morgan fingerprint density at radius 1 is 1.06 bits per heavy atom. The quantitative estimate of drug-likeness (QED) is 0.391. The number of hydrogen-bond donors (Lipinski definition) is 0. The number of aromatic nitrogens is 4. The molecule has 0 radical (unpaired) electrons. The summed E-state index contributed by atoms with van der Waals surface area (Å²) < 4.78 is 19.9. The smallest absolute Gasteiger partial charge is 0.344 e. The molecule has 3 rings (SSSR count). The summed E-state index contributed by atoms with van der Waals surface area (Å²) in [7, 11) is 3.18. The van der Waals surface area contributed by atoms with Crippen molar-refractivity contribution >= 4 is 17.1 Å². The van der Waals surface area contributed by atoms with Gasteiger partial charge in [0.15, 0.2) is 35.1 Å². The number of esters is 1. The van der Waals surface area contributed by atoms with Crippen LogP contribution in [0.5, 0.6) is 11.5 Å². The highest BCUT2D eigenvalue weighted by Gasteiger charge is 2.18. The maximum Gasteiger partial charge on any atom is 0.344 e. The summed E-state index contributed by atoms with van der Waals surface area (Å²) >= 11 is 0. The van der Waals surface area contributed by atoms with Crippen molar-refractivity contribution in [2.24, 2.45) is 7.05 Å². The maximum absolute atomic E-state index is 12.8. The van der Waals surface area contributed by atoms with Crippen LogP contribution in [0.4, 0.5) is 0 Å². The van der Waals surface area contributed by atoms with Crippen LogP contribution in [-0.4, -0.2) is 45.0 Å². The molecule has 0 aliphatic carbocycles. The van der Waals surface area contributed by atoms with Crippen LogP contribution >= 0.6 is 0 Å². The molecule has 0 amide bonds. The van der Waals surface area contributed by atoms with Gasteiger partial charge in [-0.1, -0.05) is 5.92 Å². The maximum atomic E-state index is 12.8. The van der Waals surface area contributed by atoms with Gasteiger partial charge in [0.05, 0.1) is 13.7 Å². The van der Waals surface area contributed by atoms with E-state index in [0.29, 0.717) is 40.6 Å². The molecule has 2 aromatic heterocycles. The molecule has 1 aromatic carbocycles. The number of ether oxygens (including phenoxy) is 3. The zero-order valence-electron chi connectivity index (χ0n) is 19.3. The molecule has 0 atom stereocenters. The number of imidazole rings is 1. The highest BCUT2D eigenvalue weighted by Crippen LogP contribution is 2.27. The molecule has 3 aromatic rings. The van der Waals surface area contributed by atoms with E-state index in [1.54, 1.807) is 43.7 Å². The number of carbonyl (C=O) groups excluding carboxylic acids is 1. The fourth-order valence-corrected chi connectivity index (χ4v) is 3.37. The zero-order valence-corrected chi connectivity index (χ0v) is 19.3. The Kier molecular flexibility index (Phi) is 7.23. The molecule has 0 fully saturated rings. The van der Waals surface area contributed by atoms with Crippen LogP contribution in [-0.2, 0) is 29.7 Å². The minimum absolute atomic E-state index is 0.233. The molecule has 0 saturated carbocycles. The van der Waals surface area contributed by atoms with E-state index in [1.165, 1.54) is 16.2 Å². The number of rotatable bonds is 7. The van der Waals surface area contributed by atoms with Gasteiger partial charge in [-0.05, 0) is 44.9 Å². The zero-order chi connectivity index (χ0) is 24.1. The lowest BCUT2D eigenvalue weighted by molar-refractivity contribution is -0.145. The van der Waals surface area contributed by atoms with E-state index in [-0.39, 0.29) is 19.8 Å². The Morgan fingerprint density at radius 3 is 2.42 bits per heavy atom. The second-order valence-corrected chi connectivity index (χ2v) is 6.95. The van der Waals surface area contributed by atoms with Crippen molar-refractivity contribution in [3.8, 4) is 23.3 Å². The number of fused-ring (bicyclic) bond motifs is 1. The van der Waals surface area contributed by atoms with Crippen molar-refractivity contribution in [2.75, 3.05) is 20.3 Å². The van der Waals surface area contributed by atoms with Crippen LogP contribution < -0.4 is 20.7 Å². The van der Waals surface area contributed by atoms with Gasteiger partial charge in [-0.3, -0.25) is 13.9 Å². The van der Waals surface area contributed by atoms with Crippen molar-refractivity contribution in [3.05, 3.63) is 50.4 Å². The molecule has 0 unspecified atom stereocenters. The Balaban J connectivity index is 1.98. The van der Waals surface area contributed by atoms with E-state index in [2.05, 4.69) is 16.8 Å². The van der Waals surface area contributed by atoms with E-state index in [0.717, 1.165) is 0 Å². The summed E-state index contributed by atoms with van der Waals surface area (Å²) in [6.07, 6.45) is 0. The first-order valence-corrected chi connectivity index (χ1v) is 10.5. The van der Waals surface area contributed by atoms with E-state index >= 15 is 0 Å². The SMILES string of the molecule is CCOC(=O)COc1ccc(C#Cc2nc3c(c(=O)n(CC)c(=O)n3CC)n2C)cc1OC. The third-order valence-corrected chi connectivity index (χ3v) is 5.01. The molecular formula is C23H26N4O6. The minimum Gasteiger partial charge on any atom is -0.493 e. The topological polar surface area (TPSA) is 107 Å². The summed E-state index contributed by atoms with van der Waals surface area (Å²) in [6.45, 7) is 5.98. The molecule has 10 nitrogen and oxygen atoms in total. The van der Waals surface area contributed by atoms with E-state index in [4.69, 9.17) is 14.2 Å². The minimum atomic E-state index is -0.474. The lowest BCUT2D eigenvalue weighted by atomic mass is 10.2. The number of nitrogens with zero attached hydrogens (tertiary/aromatic N) is 4. The van der Waals surface area contributed by atoms with Gasteiger partial charge in [-0.2, -0.15) is 0 Å². The number of benzene rings is 1. The summed E-state index contributed by atoms with van der Waals surface area (Å²) in [5, 5.41) is 0. The Labute approximate surface area is 190 Å². The van der Waals surface area contributed by atoms with Crippen molar-refractivity contribution in [1.82, 2.24) is 18.7 Å². The van der Waals surface area contributed by atoms with Gasteiger partial charge in [-0.15, -0.1) is 0 Å². The molecule has 2 heterocycles. The van der Waals surface area contributed by atoms with Gasteiger partial charge >= 0.3 is 11.7 Å². The average Bonchev–Trinajstić information content (AvgIpc) is 3.13. The molecule has 0 spiro atoms. The largest absolute Gasteiger partial charge is 0.493 e. The first-order chi connectivity index (χ1) is 15.9. The predicted octanol–water partition coefficient (Wildman–Crippen LogP) is 1.29. The molecule has 33 heavy (non-hydrogen) atoms. The van der Waals surface area contributed by atoms with Crippen molar-refractivity contribution in [2.45, 2.75) is 33.9 Å². The van der Waals surface area contributed by atoms with Crippen molar-refractivity contribution in [1.29, 1.82) is 0 Å². The summed E-state index contributed by atoms with van der Waals surface area (Å²) in [5.74, 6) is 6.61. The highest BCUT2D eigenvalue weighted by atomic mass is 16.6. The van der Waals surface area contributed by atoms with E-state index in [1.807, 2.05) is 6.92 Å². The van der Waals surface area contributed by atoms with E-state index in [9.17, 15) is 14.4 Å².